The summed E-state index contributed by atoms with van der Waals surface area (Å²) in [7, 11) is 0. The summed E-state index contributed by atoms with van der Waals surface area (Å²) in [6.45, 7) is 2.15. The number of hydrogen-bond donors (Lipinski definition) is 0. The molecule has 3 heteroatoms. The van der Waals surface area contributed by atoms with Crippen LogP contribution in [0.4, 0.5) is 0 Å². The van der Waals surface area contributed by atoms with Crippen molar-refractivity contribution < 1.29 is 0 Å². The van der Waals surface area contributed by atoms with Crippen LogP contribution in [0, 0.1) is 5.92 Å². The van der Waals surface area contributed by atoms with Gasteiger partial charge in [0.1, 0.15) is 0 Å². The normalized spacial score (nSPS) is 28.2. The Morgan fingerprint density at radius 2 is 2.75 bits per heavy atom. The van der Waals surface area contributed by atoms with E-state index in [1.807, 2.05) is 0 Å². The molecular formula is C5H8ClNS. The average Bonchev–Trinajstić information content (AvgIpc) is 2.14. The zero-order valence-electron chi connectivity index (χ0n) is 4.72. The molecule has 0 aliphatic carbocycles. The predicted molar refractivity (Wildman–Crippen MR) is 39.8 cm³/mol. The molecule has 0 N–H and O–H groups in total. The minimum atomic E-state index is 0.605. The minimum absolute atomic E-state index is 0.605. The van der Waals surface area contributed by atoms with E-state index in [4.69, 9.17) is 11.6 Å². The highest BCUT2D eigenvalue weighted by Gasteiger charge is 2.14. The van der Waals surface area contributed by atoms with Crippen LogP contribution in [0.2, 0.25) is 0 Å². The lowest BCUT2D eigenvalue weighted by Gasteiger charge is -1.97. The first-order chi connectivity index (χ1) is 3.84. The van der Waals surface area contributed by atoms with E-state index in [0.29, 0.717) is 11.8 Å². The summed E-state index contributed by atoms with van der Waals surface area (Å²) in [6, 6.07) is 0. The van der Waals surface area contributed by atoms with E-state index in [2.05, 4.69) is 11.3 Å². The highest BCUT2D eigenvalue weighted by molar-refractivity contribution is 7.98. The fourth-order valence-corrected chi connectivity index (χ4v) is 1.87. The maximum Gasteiger partial charge on any atom is 0.0617 e. The summed E-state index contributed by atoms with van der Waals surface area (Å²) < 4.78 is 4.14. The van der Waals surface area contributed by atoms with Gasteiger partial charge < -0.3 is 0 Å². The molecule has 1 unspecified atom stereocenters. The maximum atomic E-state index is 5.56. The third-order valence-corrected chi connectivity index (χ3v) is 2.50. The molecule has 1 aliphatic rings. The first-order valence-electron chi connectivity index (χ1n) is 2.59. The summed E-state index contributed by atoms with van der Waals surface area (Å²) in [4.78, 5) is 0. The Labute approximate surface area is 58.7 Å². The average molecular weight is 150 g/mol. The van der Waals surface area contributed by atoms with Crippen LogP contribution in [-0.4, -0.2) is 17.3 Å². The molecule has 0 spiro atoms. The summed E-state index contributed by atoms with van der Waals surface area (Å²) >= 11 is 7.18. The van der Waals surface area contributed by atoms with Crippen molar-refractivity contribution in [3.8, 4) is 0 Å². The predicted octanol–water partition coefficient (Wildman–Crippen LogP) is 1.96. The Balaban J connectivity index is 2.49. The van der Waals surface area contributed by atoms with Gasteiger partial charge in [0.15, 0.2) is 0 Å². The van der Waals surface area contributed by atoms with Gasteiger partial charge in [0.25, 0.3) is 0 Å². The van der Waals surface area contributed by atoms with Gasteiger partial charge >= 0.3 is 0 Å². The van der Waals surface area contributed by atoms with Crippen LogP contribution in [0.15, 0.2) is 4.40 Å². The maximum absolute atomic E-state index is 5.56. The van der Waals surface area contributed by atoms with Gasteiger partial charge in [-0.05, 0) is 11.9 Å². The number of halogens is 1. The second kappa shape index (κ2) is 2.74. The molecule has 0 aromatic heterocycles. The van der Waals surface area contributed by atoms with E-state index in [0.717, 1.165) is 11.5 Å². The number of rotatable bonds is 1. The van der Waals surface area contributed by atoms with Gasteiger partial charge in [0.05, 0.1) is 5.88 Å². The van der Waals surface area contributed by atoms with E-state index in [9.17, 15) is 0 Å². The zero-order chi connectivity index (χ0) is 5.98. The molecule has 0 bridgehead atoms. The van der Waals surface area contributed by atoms with Crippen LogP contribution in [0.5, 0.6) is 0 Å². The van der Waals surface area contributed by atoms with Gasteiger partial charge in [-0.2, -0.15) is 0 Å². The fraction of sp³-hybridized carbons (Fsp3) is 0.800. The number of alkyl halides is 1. The summed E-state index contributed by atoms with van der Waals surface area (Å²) in [6.07, 6.45) is 0. The van der Waals surface area contributed by atoms with Crippen molar-refractivity contribution in [2.24, 2.45) is 10.3 Å². The summed E-state index contributed by atoms with van der Waals surface area (Å²) in [5, 5.41) is 0. The zero-order valence-corrected chi connectivity index (χ0v) is 6.30. The molecule has 1 atom stereocenters. The van der Waals surface area contributed by atoms with E-state index in [-0.39, 0.29) is 0 Å². The molecule has 0 aromatic carbocycles. The molecule has 1 heterocycles. The Morgan fingerprint density at radius 1 is 2.00 bits per heavy atom. The van der Waals surface area contributed by atoms with Crippen LogP contribution in [-0.2, 0) is 0 Å². The van der Waals surface area contributed by atoms with Crippen molar-refractivity contribution in [2.45, 2.75) is 6.92 Å². The molecule has 8 heavy (non-hydrogen) atoms. The lowest BCUT2D eigenvalue weighted by atomic mass is 10.1. The molecule has 1 rings (SSSR count). The lowest BCUT2D eigenvalue weighted by Crippen LogP contribution is -2.08. The van der Waals surface area contributed by atoms with Crippen molar-refractivity contribution in [3.63, 3.8) is 0 Å². The van der Waals surface area contributed by atoms with Gasteiger partial charge in [-0.15, -0.1) is 11.6 Å². The van der Waals surface area contributed by atoms with Crippen molar-refractivity contribution in [2.75, 3.05) is 11.6 Å². The Hall–Kier alpha value is 0.310. The second-order valence-corrected chi connectivity index (χ2v) is 2.95. The second-order valence-electron chi connectivity index (χ2n) is 1.91. The highest BCUT2D eigenvalue weighted by atomic mass is 35.5. The Bertz CT molecular complexity index is 113. The van der Waals surface area contributed by atoms with Gasteiger partial charge in [0.2, 0.25) is 0 Å². The molecule has 0 fully saturated rings. The van der Waals surface area contributed by atoms with E-state index < -0.39 is 0 Å². The van der Waals surface area contributed by atoms with Crippen molar-refractivity contribution in [3.05, 3.63) is 0 Å². The third-order valence-electron chi connectivity index (χ3n) is 1.21. The van der Waals surface area contributed by atoms with Crippen LogP contribution in [0.25, 0.3) is 0 Å². The monoisotopic (exact) mass is 149 g/mol. The van der Waals surface area contributed by atoms with Gasteiger partial charge in [-0.1, -0.05) is 6.92 Å². The quantitative estimate of drug-likeness (QED) is 0.410. The molecule has 1 aliphatic heterocycles. The van der Waals surface area contributed by atoms with Crippen LogP contribution < -0.4 is 0 Å². The molecule has 0 radical (unpaired) electrons. The topological polar surface area (TPSA) is 12.4 Å². The van der Waals surface area contributed by atoms with Crippen LogP contribution in [0.1, 0.15) is 6.92 Å². The largest absolute Gasteiger partial charge is 0.224 e. The summed E-state index contributed by atoms with van der Waals surface area (Å²) in [5.74, 6) is 2.33. The SMILES string of the molecule is CC1CSN=C1CCl. The molecule has 0 aromatic rings. The number of nitrogens with zero attached hydrogens (tertiary/aromatic N) is 1. The third kappa shape index (κ3) is 1.17. The molecular weight excluding hydrogens is 142 g/mol. The van der Waals surface area contributed by atoms with Crippen molar-refractivity contribution in [1.82, 2.24) is 0 Å². The highest BCUT2D eigenvalue weighted by Crippen LogP contribution is 2.20. The first kappa shape index (κ1) is 6.43. The molecule has 46 valence electrons. The molecule has 1 nitrogen and oxygen atoms in total. The smallest absolute Gasteiger partial charge is 0.0617 e. The van der Waals surface area contributed by atoms with E-state index >= 15 is 0 Å². The van der Waals surface area contributed by atoms with Gasteiger partial charge in [0, 0.05) is 17.4 Å². The van der Waals surface area contributed by atoms with Gasteiger partial charge in [-0.25, -0.2) is 4.40 Å². The Morgan fingerprint density at radius 3 is 3.00 bits per heavy atom. The lowest BCUT2D eigenvalue weighted by molar-refractivity contribution is 0.915. The van der Waals surface area contributed by atoms with E-state index in [1.165, 1.54) is 0 Å². The minimum Gasteiger partial charge on any atom is -0.224 e. The molecule has 0 saturated carbocycles. The fourth-order valence-electron chi connectivity index (χ4n) is 0.574. The van der Waals surface area contributed by atoms with Crippen LogP contribution >= 0.6 is 23.5 Å². The Kier molecular flexibility index (Phi) is 2.20. The summed E-state index contributed by atoms with van der Waals surface area (Å²) in [5.41, 5.74) is 1.15. The van der Waals surface area contributed by atoms with Crippen molar-refractivity contribution >= 4 is 29.3 Å². The molecule has 0 saturated heterocycles. The van der Waals surface area contributed by atoms with Gasteiger partial charge in [-0.3, -0.25) is 0 Å². The van der Waals surface area contributed by atoms with E-state index in [1.54, 1.807) is 11.9 Å². The standard InChI is InChI=1S/C5H8ClNS/c1-4-3-8-7-5(4)2-6/h4H,2-3H2,1H3. The molecule has 0 amide bonds. The first-order valence-corrected chi connectivity index (χ1v) is 4.07. The number of hydrogen-bond acceptors (Lipinski definition) is 2. The van der Waals surface area contributed by atoms with Crippen molar-refractivity contribution in [1.29, 1.82) is 0 Å². The van der Waals surface area contributed by atoms with Crippen LogP contribution in [0.3, 0.4) is 0 Å².